The molecule has 1 spiro atoms. The summed E-state index contributed by atoms with van der Waals surface area (Å²) in [6.07, 6.45) is 1.64. The summed E-state index contributed by atoms with van der Waals surface area (Å²) in [6, 6.07) is 0. The van der Waals surface area contributed by atoms with Crippen molar-refractivity contribution < 1.29 is 9.00 Å². The van der Waals surface area contributed by atoms with Crippen LogP contribution in [0.1, 0.15) is 12.8 Å². The van der Waals surface area contributed by atoms with Crippen molar-refractivity contribution >= 4 is 16.7 Å². The van der Waals surface area contributed by atoms with E-state index in [0.29, 0.717) is 0 Å². The molecule has 2 heterocycles. The standard InChI is InChI=1S/C8H14N2O2S/c1-10-7(11)6-13(12)8(10)2-4-9-5-3-8/h9H,2-6H2,1H3/t13-/m0/s1. The van der Waals surface area contributed by atoms with Crippen LogP contribution < -0.4 is 5.32 Å². The number of carbonyl (C=O) groups excluding carboxylic acids is 1. The third-order valence-corrected chi connectivity index (χ3v) is 5.09. The van der Waals surface area contributed by atoms with Crippen LogP contribution in [-0.2, 0) is 15.6 Å². The minimum absolute atomic E-state index is 0.0280. The molecule has 2 fully saturated rings. The molecule has 4 nitrogen and oxygen atoms in total. The Morgan fingerprint density at radius 2 is 2.08 bits per heavy atom. The lowest BCUT2D eigenvalue weighted by Crippen LogP contribution is -2.52. The van der Waals surface area contributed by atoms with Gasteiger partial charge in [-0.05, 0) is 25.9 Å². The fraction of sp³-hybridized carbons (Fsp3) is 0.875. The molecule has 1 N–H and O–H groups in total. The van der Waals surface area contributed by atoms with Crippen molar-refractivity contribution in [1.82, 2.24) is 10.2 Å². The van der Waals surface area contributed by atoms with Gasteiger partial charge in [0.2, 0.25) is 5.91 Å². The van der Waals surface area contributed by atoms with E-state index in [4.69, 9.17) is 0 Å². The fourth-order valence-electron chi connectivity index (χ4n) is 2.10. The lowest BCUT2D eigenvalue weighted by Gasteiger charge is -2.37. The molecule has 5 heteroatoms. The Bertz CT molecular complexity index is 261. The van der Waals surface area contributed by atoms with E-state index in [1.807, 2.05) is 0 Å². The van der Waals surface area contributed by atoms with E-state index in [0.717, 1.165) is 25.9 Å². The van der Waals surface area contributed by atoms with Gasteiger partial charge >= 0.3 is 0 Å². The Morgan fingerprint density at radius 3 is 2.54 bits per heavy atom. The van der Waals surface area contributed by atoms with Gasteiger partial charge in [-0.2, -0.15) is 0 Å². The van der Waals surface area contributed by atoms with Crippen LogP contribution in [0.2, 0.25) is 0 Å². The molecular weight excluding hydrogens is 188 g/mol. The van der Waals surface area contributed by atoms with E-state index in [2.05, 4.69) is 5.32 Å². The Hall–Kier alpha value is -0.420. The second-order valence-electron chi connectivity index (χ2n) is 3.64. The van der Waals surface area contributed by atoms with Gasteiger partial charge in [0, 0.05) is 7.05 Å². The highest BCUT2D eigenvalue weighted by Gasteiger charge is 2.49. The third-order valence-electron chi connectivity index (χ3n) is 3.05. The molecular formula is C8H14N2O2S. The Kier molecular flexibility index (Phi) is 2.15. The Balaban J connectivity index is 2.28. The molecule has 1 atom stereocenters. The summed E-state index contributed by atoms with van der Waals surface area (Å²) in [6.45, 7) is 1.73. The third kappa shape index (κ3) is 1.21. The van der Waals surface area contributed by atoms with E-state index < -0.39 is 10.8 Å². The van der Waals surface area contributed by atoms with Crippen molar-refractivity contribution in [2.24, 2.45) is 0 Å². The van der Waals surface area contributed by atoms with E-state index in [-0.39, 0.29) is 16.5 Å². The molecule has 2 aliphatic heterocycles. The summed E-state index contributed by atoms with van der Waals surface area (Å²) in [7, 11) is 0.785. The molecule has 2 aliphatic rings. The molecule has 0 aromatic heterocycles. The van der Waals surface area contributed by atoms with Crippen LogP contribution in [0.15, 0.2) is 0 Å². The molecule has 0 aliphatic carbocycles. The van der Waals surface area contributed by atoms with Gasteiger partial charge in [-0.3, -0.25) is 9.00 Å². The highest BCUT2D eigenvalue weighted by Crippen LogP contribution is 2.33. The summed E-state index contributed by atoms with van der Waals surface area (Å²) in [5.74, 6) is 0.247. The van der Waals surface area contributed by atoms with Gasteiger partial charge in [-0.25, -0.2) is 0 Å². The predicted octanol–water partition coefficient (Wildman–Crippen LogP) is -0.713. The molecule has 0 aromatic rings. The van der Waals surface area contributed by atoms with Crippen molar-refractivity contribution in [1.29, 1.82) is 0 Å². The highest BCUT2D eigenvalue weighted by molar-refractivity contribution is 7.87. The zero-order chi connectivity index (χ0) is 9.47. The molecule has 74 valence electrons. The maximum atomic E-state index is 11.8. The Labute approximate surface area is 80.1 Å². The number of nitrogens with zero attached hydrogens (tertiary/aromatic N) is 1. The summed E-state index contributed by atoms with van der Waals surface area (Å²) < 4.78 is 11.8. The number of nitrogens with one attached hydrogen (secondary N) is 1. The average molecular weight is 202 g/mol. The van der Waals surface area contributed by atoms with Crippen LogP contribution in [0.25, 0.3) is 0 Å². The minimum Gasteiger partial charge on any atom is -0.328 e. The fourth-order valence-corrected chi connectivity index (χ4v) is 3.86. The van der Waals surface area contributed by atoms with E-state index >= 15 is 0 Å². The van der Waals surface area contributed by atoms with Gasteiger partial charge < -0.3 is 10.2 Å². The van der Waals surface area contributed by atoms with Crippen molar-refractivity contribution in [3.8, 4) is 0 Å². The van der Waals surface area contributed by atoms with Crippen LogP contribution >= 0.6 is 0 Å². The van der Waals surface area contributed by atoms with Gasteiger partial charge in [-0.15, -0.1) is 0 Å². The topological polar surface area (TPSA) is 49.4 Å². The van der Waals surface area contributed by atoms with Crippen molar-refractivity contribution in [3.05, 3.63) is 0 Å². The number of amides is 1. The van der Waals surface area contributed by atoms with E-state index in [1.54, 1.807) is 11.9 Å². The molecule has 2 rings (SSSR count). The normalized spacial score (nSPS) is 32.8. The number of carbonyl (C=O) groups is 1. The largest absolute Gasteiger partial charge is 0.328 e. The quantitative estimate of drug-likeness (QED) is 0.564. The lowest BCUT2D eigenvalue weighted by molar-refractivity contribution is -0.129. The van der Waals surface area contributed by atoms with Crippen molar-refractivity contribution in [3.63, 3.8) is 0 Å². The molecule has 0 aromatic carbocycles. The van der Waals surface area contributed by atoms with Gasteiger partial charge in [0.25, 0.3) is 0 Å². The van der Waals surface area contributed by atoms with Crippen LogP contribution in [0.4, 0.5) is 0 Å². The van der Waals surface area contributed by atoms with Gasteiger partial charge in [0.15, 0.2) is 0 Å². The first kappa shape index (κ1) is 9.15. The molecule has 0 saturated carbocycles. The monoisotopic (exact) mass is 202 g/mol. The summed E-state index contributed by atoms with van der Waals surface area (Å²) >= 11 is 0. The van der Waals surface area contributed by atoms with Gasteiger partial charge in [0.1, 0.15) is 10.6 Å². The van der Waals surface area contributed by atoms with Crippen molar-refractivity contribution in [2.45, 2.75) is 17.7 Å². The van der Waals surface area contributed by atoms with Crippen LogP contribution in [0.5, 0.6) is 0 Å². The zero-order valence-electron chi connectivity index (χ0n) is 7.71. The first-order valence-corrected chi connectivity index (χ1v) is 5.84. The van der Waals surface area contributed by atoms with Crippen LogP contribution in [0, 0.1) is 0 Å². The van der Waals surface area contributed by atoms with Crippen LogP contribution in [-0.4, -0.2) is 45.8 Å². The maximum Gasteiger partial charge on any atom is 0.236 e. The summed E-state index contributed by atoms with van der Waals surface area (Å²) in [5.41, 5.74) is 0. The van der Waals surface area contributed by atoms with Crippen LogP contribution in [0.3, 0.4) is 0 Å². The second-order valence-corrected chi connectivity index (χ2v) is 5.38. The molecule has 0 unspecified atom stereocenters. The average Bonchev–Trinajstić information content (AvgIpc) is 2.34. The van der Waals surface area contributed by atoms with Crippen molar-refractivity contribution in [2.75, 3.05) is 25.9 Å². The second kappa shape index (κ2) is 3.06. The summed E-state index contributed by atoms with van der Waals surface area (Å²) in [4.78, 5) is 12.7. The first-order valence-electron chi connectivity index (χ1n) is 4.53. The maximum absolute atomic E-state index is 11.8. The lowest BCUT2D eigenvalue weighted by atomic mass is 10.0. The molecule has 2 saturated heterocycles. The Morgan fingerprint density at radius 1 is 1.46 bits per heavy atom. The minimum atomic E-state index is -0.992. The summed E-state index contributed by atoms with van der Waals surface area (Å²) in [5, 5.41) is 3.22. The number of piperidine rings is 1. The molecule has 13 heavy (non-hydrogen) atoms. The van der Waals surface area contributed by atoms with Gasteiger partial charge in [-0.1, -0.05) is 0 Å². The highest BCUT2D eigenvalue weighted by atomic mass is 32.2. The number of hydrogen-bond donors (Lipinski definition) is 1. The van der Waals surface area contributed by atoms with Gasteiger partial charge in [0.05, 0.1) is 10.8 Å². The molecule has 1 amide bonds. The number of hydrogen-bond acceptors (Lipinski definition) is 3. The molecule has 0 radical (unpaired) electrons. The number of rotatable bonds is 0. The van der Waals surface area contributed by atoms with E-state index in [1.165, 1.54) is 0 Å². The smallest absolute Gasteiger partial charge is 0.236 e. The van der Waals surface area contributed by atoms with E-state index in [9.17, 15) is 9.00 Å². The predicted molar refractivity (Wildman–Crippen MR) is 50.6 cm³/mol. The zero-order valence-corrected chi connectivity index (χ0v) is 8.52. The SMILES string of the molecule is CN1C(=O)C[S@](=O)C12CCNCC2. The molecule has 0 bridgehead atoms. The first-order chi connectivity index (χ1) is 6.17.